The van der Waals surface area contributed by atoms with Crippen molar-refractivity contribution in [1.82, 2.24) is 9.97 Å². The fourth-order valence-electron chi connectivity index (χ4n) is 2.53. The van der Waals surface area contributed by atoms with E-state index in [0.29, 0.717) is 16.4 Å². The second-order valence-electron chi connectivity index (χ2n) is 5.89. The molecule has 4 rings (SSSR count). The average molecular weight is 434 g/mol. The molecule has 3 heterocycles. The van der Waals surface area contributed by atoms with E-state index in [1.54, 1.807) is 17.5 Å². The summed E-state index contributed by atoms with van der Waals surface area (Å²) >= 11 is 4.38. The highest BCUT2D eigenvalue weighted by molar-refractivity contribution is 7.20. The predicted molar refractivity (Wildman–Crippen MR) is 109 cm³/mol. The van der Waals surface area contributed by atoms with Crippen molar-refractivity contribution in [2.75, 3.05) is 5.32 Å². The lowest BCUT2D eigenvalue weighted by molar-refractivity contribution is -0.115. The van der Waals surface area contributed by atoms with E-state index in [1.807, 2.05) is 22.9 Å². The summed E-state index contributed by atoms with van der Waals surface area (Å²) in [5.74, 6) is -1.41. The van der Waals surface area contributed by atoms with E-state index < -0.39 is 11.6 Å². The molecule has 0 saturated carbocycles. The maximum atomic E-state index is 13.8. The molecule has 0 aliphatic heterocycles. The topological polar surface area (TPSA) is 54.9 Å². The number of hydrogen-bond acceptors (Lipinski definition) is 6. The minimum absolute atomic E-state index is 0.156. The summed E-state index contributed by atoms with van der Waals surface area (Å²) in [6, 6.07) is 7.45. The third kappa shape index (κ3) is 4.49. The molecule has 3 aromatic heterocycles. The van der Waals surface area contributed by atoms with Crippen molar-refractivity contribution in [2.45, 2.75) is 12.8 Å². The van der Waals surface area contributed by atoms with Crippen molar-refractivity contribution in [3.05, 3.63) is 75.1 Å². The number of nitrogens with zero attached hydrogens (tertiary/aromatic N) is 2. The fraction of sp³-hybridized carbons (Fsp3) is 0.105. The highest BCUT2D eigenvalue weighted by atomic mass is 32.1. The SMILES string of the molecule is O=C(Cc1csc(-c2cccs2)n1)Nc1ncc(Cc2ccc(F)cc2F)s1. The Balaban J connectivity index is 1.36. The second kappa shape index (κ2) is 8.26. The Kier molecular flexibility index (Phi) is 5.56. The Hall–Kier alpha value is -2.49. The zero-order valence-corrected chi connectivity index (χ0v) is 16.8. The molecule has 0 aliphatic rings. The first-order chi connectivity index (χ1) is 13.6. The molecule has 1 aromatic carbocycles. The van der Waals surface area contributed by atoms with Crippen molar-refractivity contribution in [1.29, 1.82) is 0 Å². The van der Waals surface area contributed by atoms with E-state index in [0.717, 1.165) is 20.8 Å². The third-order valence-corrected chi connectivity index (χ3v) is 6.65. The zero-order valence-electron chi connectivity index (χ0n) is 14.3. The van der Waals surface area contributed by atoms with Crippen LogP contribution >= 0.6 is 34.0 Å². The van der Waals surface area contributed by atoms with Crippen LogP contribution in [0.2, 0.25) is 0 Å². The third-order valence-electron chi connectivity index (χ3n) is 3.81. The standard InChI is InChI=1S/C19H13F2N3OS3/c20-12-4-3-11(15(21)7-12)6-14-9-22-19(28-14)24-17(25)8-13-10-27-18(23-13)16-2-1-5-26-16/h1-5,7,9-10H,6,8H2,(H,22,24,25). The largest absolute Gasteiger partial charge is 0.302 e. The van der Waals surface area contributed by atoms with E-state index in [9.17, 15) is 13.6 Å². The highest BCUT2D eigenvalue weighted by Crippen LogP contribution is 2.28. The van der Waals surface area contributed by atoms with Gasteiger partial charge in [-0.2, -0.15) is 0 Å². The molecule has 142 valence electrons. The monoisotopic (exact) mass is 433 g/mol. The number of aromatic nitrogens is 2. The van der Waals surface area contributed by atoms with Gasteiger partial charge in [-0.25, -0.2) is 18.7 Å². The lowest BCUT2D eigenvalue weighted by atomic mass is 10.1. The van der Waals surface area contributed by atoms with Gasteiger partial charge in [-0.05, 0) is 23.1 Å². The summed E-state index contributed by atoms with van der Waals surface area (Å²) in [5, 5.41) is 7.95. The van der Waals surface area contributed by atoms with E-state index in [2.05, 4.69) is 15.3 Å². The Labute approximate surface area is 171 Å². The Bertz CT molecular complexity index is 1110. The molecule has 4 aromatic rings. The van der Waals surface area contributed by atoms with Crippen molar-refractivity contribution in [3.8, 4) is 9.88 Å². The number of carbonyl (C=O) groups is 1. The van der Waals surface area contributed by atoms with Crippen LogP contribution in [0.3, 0.4) is 0 Å². The highest BCUT2D eigenvalue weighted by Gasteiger charge is 2.13. The summed E-state index contributed by atoms with van der Waals surface area (Å²) in [4.78, 5) is 22.8. The molecule has 0 fully saturated rings. The van der Waals surface area contributed by atoms with Crippen LogP contribution < -0.4 is 5.32 Å². The van der Waals surface area contributed by atoms with Crippen molar-refractivity contribution < 1.29 is 13.6 Å². The number of halogens is 2. The molecule has 0 unspecified atom stereocenters. The summed E-state index contributed by atoms with van der Waals surface area (Å²) < 4.78 is 26.8. The summed E-state index contributed by atoms with van der Waals surface area (Å²) in [6.07, 6.45) is 2.03. The van der Waals surface area contributed by atoms with Crippen LogP contribution in [-0.2, 0) is 17.6 Å². The van der Waals surface area contributed by atoms with Gasteiger partial charge >= 0.3 is 0 Å². The van der Waals surface area contributed by atoms with Gasteiger partial charge in [-0.1, -0.05) is 12.1 Å². The van der Waals surface area contributed by atoms with Crippen molar-refractivity contribution in [2.24, 2.45) is 0 Å². The first-order valence-corrected chi connectivity index (χ1v) is 10.8. The van der Waals surface area contributed by atoms with Crippen LogP contribution in [0.25, 0.3) is 9.88 Å². The summed E-state index contributed by atoms with van der Waals surface area (Å²) in [6.45, 7) is 0. The molecule has 0 atom stereocenters. The number of thiazole rings is 2. The minimum atomic E-state index is -0.609. The van der Waals surface area contributed by atoms with E-state index >= 15 is 0 Å². The Morgan fingerprint density at radius 1 is 1.18 bits per heavy atom. The van der Waals surface area contributed by atoms with Crippen LogP contribution in [0.4, 0.5) is 13.9 Å². The Morgan fingerprint density at radius 3 is 2.86 bits per heavy atom. The predicted octanol–water partition coefficient (Wildman–Crippen LogP) is 5.38. The molecule has 0 aliphatic carbocycles. The van der Waals surface area contributed by atoms with Crippen LogP contribution in [0.15, 0.2) is 47.3 Å². The molecular formula is C19H13F2N3OS3. The molecule has 1 amide bonds. The van der Waals surface area contributed by atoms with Gasteiger partial charge in [0.1, 0.15) is 16.6 Å². The Morgan fingerprint density at radius 2 is 2.07 bits per heavy atom. The molecule has 1 N–H and O–H groups in total. The number of benzene rings is 1. The first kappa shape index (κ1) is 18.9. The smallest absolute Gasteiger partial charge is 0.232 e. The molecule has 28 heavy (non-hydrogen) atoms. The summed E-state index contributed by atoms with van der Waals surface area (Å²) in [5.41, 5.74) is 1.09. The molecule has 4 nitrogen and oxygen atoms in total. The van der Waals surface area contributed by atoms with Crippen LogP contribution in [0.5, 0.6) is 0 Å². The fourth-order valence-corrected chi connectivity index (χ4v) is 5.01. The van der Waals surface area contributed by atoms with Gasteiger partial charge in [0, 0.05) is 28.9 Å². The normalized spacial score (nSPS) is 10.9. The van der Waals surface area contributed by atoms with E-state index in [-0.39, 0.29) is 18.7 Å². The lowest BCUT2D eigenvalue weighted by Gasteiger charge is -2.01. The average Bonchev–Trinajstić information content (AvgIpc) is 3.39. The molecule has 0 spiro atoms. The lowest BCUT2D eigenvalue weighted by Crippen LogP contribution is -2.14. The molecule has 0 bridgehead atoms. The van der Waals surface area contributed by atoms with Crippen molar-refractivity contribution in [3.63, 3.8) is 0 Å². The van der Waals surface area contributed by atoms with Gasteiger partial charge in [0.2, 0.25) is 5.91 Å². The summed E-state index contributed by atoms with van der Waals surface area (Å²) in [7, 11) is 0. The quantitative estimate of drug-likeness (QED) is 0.444. The number of anilines is 1. The van der Waals surface area contributed by atoms with E-state index in [1.165, 1.54) is 34.8 Å². The van der Waals surface area contributed by atoms with Gasteiger partial charge in [0.15, 0.2) is 5.13 Å². The van der Waals surface area contributed by atoms with Gasteiger partial charge < -0.3 is 5.32 Å². The number of nitrogens with one attached hydrogen (secondary N) is 1. The number of thiophene rings is 1. The van der Waals surface area contributed by atoms with Crippen LogP contribution in [0, 0.1) is 11.6 Å². The minimum Gasteiger partial charge on any atom is -0.302 e. The number of carbonyl (C=O) groups excluding carboxylic acids is 1. The molecule has 0 radical (unpaired) electrons. The number of amides is 1. The first-order valence-electron chi connectivity index (χ1n) is 8.23. The van der Waals surface area contributed by atoms with Crippen molar-refractivity contribution >= 4 is 45.0 Å². The van der Waals surface area contributed by atoms with E-state index in [4.69, 9.17) is 0 Å². The van der Waals surface area contributed by atoms with Gasteiger partial charge in [0.25, 0.3) is 0 Å². The van der Waals surface area contributed by atoms with Gasteiger partial charge in [-0.3, -0.25) is 4.79 Å². The van der Waals surface area contributed by atoms with Gasteiger partial charge in [-0.15, -0.1) is 34.0 Å². The molecular weight excluding hydrogens is 420 g/mol. The van der Waals surface area contributed by atoms with Gasteiger partial charge in [0.05, 0.1) is 17.0 Å². The number of rotatable bonds is 6. The second-order valence-corrected chi connectivity index (χ2v) is 8.81. The molecule has 9 heteroatoms. The molecule has 0 saturated heterocycles. The maximum absolute atomic E-state index is 13.8. The number of hydrogen-bond donors (Lipinski definition) is 1. The maximum Gasteiger partial charge on any atom is 0.232 e. The van der Waals surface area contributed by atoms with Crippen LogP contribution in [0.1, 0.15) is 16.1 Å². The zero-order chi connectivity index (χ0) is 19.5. The van der Waals surface area contributed by atoms with Crippen LogP contribution in [-0.4, -0.2) is 15.9 Å².